The Hall–Kier alpha value is -3.52. The van der Waals surface area contributed by atoms with Gasteiger partial charge in [-0.25, -0.2) is 0 Å². The van der Waals surface area contributed by atoms with E-state index in [1.807, 2.05) is 13.8 Å². The van der Waals surface area contributed by atoms with Gasteiger partial charge in [-0.2, -0.15) is 0 Å². The van der Waals surface area contributed by atoms with Crippen LogP contribution in [-0.2, 0) is 13.5 Å². The molecule has 1 aliphatic rings. The van der Waals surface area contributed by atoms with Crippen LogP contribution in [0.15, 0.2) is 66.7 Å². The van der Waals surface area contributed by atoms with Crippen LogP contribution in [0.4, 0.5) is 0 Å². The lowest BCUT2D eigenvalue weighted by Gasteiger charge is -2.06. The number of hydrogen-bond donors (Lipinski definition) is 1. The third-order valence-electron chi connectivity index (χ3n) is 6.73. The molecule has 0 fully saturated rings. The zero-order valence-electron chi connectivity index (χ0n) is 18.3. The third-order valence-corrected chi connectivity index (χ3v) is 6.73. The summed E-state index contributed by atoms with van der Waals surface area (Å²) in [5.41, 5.74) is 6.64. The van der Waals surface area contributed by atoms with Crippen molar-refractivity contribution in [2.75, 3.05) is 0 Å². The summed E-state index contributed by atoms with van der Waals surface area (Å²) in [5, 5.41) is 9.23. The van der Waals surface area contributed by atoms with Crippen LogP contribution < -0.4 is 0 Å². The molecular formula is C29H26N2. The highest BCUT2D eigenvalue weighted by Gasteiger charge is 2.19. The molecule has 0 saturated carbocycles. The predicted octanol–water partition coefficient (Wildman–Crippen LogP) is 8.10. The number of aromatic nitrogens is 2. The first-order chi connectivity index (χ1) is 15.3. The van der Waals surface area contributed by atoms with E-state index in [0.717, 1.165) is 12.8 Å². The van der Waals surface area contributed by atoms with E-state index in [2.05, 4.69) is 89.4 Å². The molecule has 0 bridgehead atoms. The molecular weight excluding hydrogens is 376 g/mol. The molecule has 0 saturated heterocycles. The zero-order chi connectivity index (χ0) is 21.1. The lowest BCUT2D eigenvalue weighted by molar-refractivity contribution is 0.910. The average molecular weight is 403 g/mol. The Kier molecular flexibility index (Phi) is 3.97. The monoisotopic (exact) mass is 402 g/mol. The smallest absolute Gasteiger partial charge is 0.0586 e. The maximum absolute atomic E-state index is 3.69. The summed E-state index contributed by atoms with van der Waals surface area (Å²) in [5.74, 6) is 0. The van der Waals surface area contributed by atoms with Gasteiger partial charge in [-0.15, -0.1) is 0 Å². The molecule has 0 spiro atoms. The standard InChI is InChI=1S/C27H20N2.C2H6/c1-29-25-9-5-4-8-20(25)21-10-11-23-26(27(21)29)22-14-18-12-16-6-2-3-7-17(16)13-19(18)15-24(22)28-23;1-2/h2-3,5-7,9-15,28H,4,8H2,1H3;1-2H3. The highest BCUT2D eigenvalue weighted by molar-refractivity contribution is 6.22. The van der Waals surface area contributed by atoms with E-state index in [-0.39, 0.29) is 0 Å². The van der Waals surface area contributed by atoms with Gasteiger partial charge in [0.15, 0.2) is 0 Å². The van der Waals surface area contributed by atoms with Gasteiger partial charge in [0.05, 0.1) is 5.52 Å². The molecule has 2 heteroatoms. The van der Waals surface area contributed by atoms with E-state index in [1.54, 1.807) is 0 Å². The summed E-state index contributed by atoms with van der Waals surface area (Å²) in [6.07, 6.45) is 6.86. The Morgan fingerprint density at radius 3 is 2.29 bits per heavy atom. The lowest BCUT2D eigenvalue weighted by atomic mass is 9.99. The van der Waals surface area contributed by atoms with Gasteiger partial charge >= 0.3 is 0 Å². The van der Waals surface area contributed by atoms with Crippen molar-refractivity contribution in [3.63, 3.8) is 0 Å². The van der Waals surface area contributed by atoms with Gasteiger partial charge in [0.1, 0.15) is 0 Å². The molecule has 0 aliphatic heterocycles. The quantitative estimate of drug-likeness (QED) is 0.248. The van der Waals surface area contributed by atoms with Crippen molar-refractivity contribution in [1.82, 2.24) is 9.55 Å². The van der Waals surface area contributed by atoms with Gasteiger partial charge in [-0.05, 0) is 76.4 Å². The van der Waals surface area contributed by atoms with Crippen molar-refractivity contribution >= 4 is 60.3 Å². The summed E-state index contributed by atoms with van der Waals surface area (Å²) in [7, 11) is 2.21. The molecule has 2 nitrogen and oxygen atoms in total. The minimum absolute atomic E-state index is 1.13. The van der Waals surface area contributed by atoms with Gasteiger partial charge in [0.25, 0.3) is 0 Å². The summed E-state index contributed by atoms with van der Waals surface area (Å²) in [6.45, 7) is 4.00. The summed E-state index contributed by atoms with van der Waals surface area (Å²) < 4.78 is 2.39. The van der Waals surface area contributed by atoms with Gasteiger partial charge in [-0.1, -0.05) is 50.3 Å². The lowest BCUT2D eigenvalue weighted by Crippen LogP contribution is -1.96. The van der Waals surface area contributed by atoms with E-state index < -0.39 is 0 Å². The van der Waals surface area contributed by atoms with E-state index in [9.17, 15) is 0 Å². The first kappa shape index (κ1) is 18.3. The fourth-order valence-corrected chi connectivity index (χ4v) is 5.37. The van der Waals surface area contributed by atoms with Crippen molar-refractivity contribution < 1.29 is 0 Å². The number of rotatable bonds is 0. The van der Waals surface area contributed by atoms with E-state index in [4.69, 9.17) is 0 Å². The fraction of sp³-hybridized carbons (Fsp3) is 0.172. The van der Waals surface area contributed by atoms with Crippen LogP contribution in [0, 0.1) is 0 Å². The number of nitrogens with one attached hydrogen (secondary N) is 1. The SMILES string of the molecule is CC.Cn1c2c(c3ccc4[nH]c5cc6cc7ccccc7cc6cc5c4c31)CCC=C2. The number of aromatic amines is 1. The van der Waals surface area contributed by atoms with Crippen LogP contribution in [0.3, 0.4) is 0 Å². The zero-order valence-corrected chi connectivity index (χ0v) is 18.3. The van der Waals surface area contributed by atoms with Crippen LogP contribution in [0.5, 0.6) is 0 Å². The Bertz CT molecular complexity index is 1660. The van der Waals surface area contributed by atoms with Crippen LogP contribution in [0.1, 0.15) is 31.5 Å². The minimum atomic E-state index is 1.13. The molecule has 0 radical (unpaired) electrons. The molecule has 4 aromatic carbocycles. The molecule has 2 heterocycles. The molecule has 7 rings (SSSR count). The van der Waals surface area contributed by atoms with E-state index >= 15 is 0 Å². The average Bonchev–Trinajstić information content (AvgIpc) is 3.32. The molecule has 1 N–H and O–H groups in total. The highest BCUT2D eigenvalue weighted by atomic mass is 15.0. The van der Waals surface area contributed by atoms with Crippen LogP contribution in [0.2, 0.25) is 0 Å². The van der Waals surface area contributed by atoms with Crippen molar-refractivity contribution in [1.29, 1.82) is 0 Å². The Morgan fingerprint density at radius 2 is 1.52 bits per heavy atom. The Morgan fingerprint density at radius 1 is 0.774 bits per heavy atom. The predicted molar refractivity (Wildman–Crippen MR) is 136 cm³/mol. The van der Waals surface area contributed by atoms with Gasteiger partial charge < -0.3 is 9.55 Å². The largest absolute Gasteiger partial charge is 0.354 e. The first-order valence-electron chi connectivity index (χ1n) is 11.3. The number of aryl methyl sites for hydroxylation is 2. The molecule has 1 aliphatic carbocycles. The molecule has 31 heavy (non-hydrogen) atoms. The second-order valence-corrected chi connectivity index (χ2v) is 8.32. The normalized spacial score (nSPS) is 13.3. The molecule has 0 atom stereocenters. The van der Waals surface area contributed by atoms with E-state index in [0.29, 0.717) is 0 Å². The van der Waals surface area contributed by atoms with E-state index in [1.165, 1.54) is 65.5 Å². The topological polar surface area (TPSA) is 20.7 Å². The minimum Gasteiger partial charge on any atom is -0.354 e. The van der Waals surface area contributed by atoms with Crippen molar-refractivity contribution in [2.24, 2.45) is 7.05 Å². The molecule has 0 unspecified atom stereocenters. The van der Waals surface area contributed by atoms with Crippen molar-refractivity contribution in [3.8, 4) is 0 Å². The summed E-state index contributed by atoms with van der Waals surface area (Å²) in [4.78, 5) is 3.69. The second kappa shape index (κ2) is 6.75. The molecule has 0 amide bonds. The van der Waals surface area contributed by atoms with Crippen LogP contribution in [-0.4, -0.2) is 9.55 Å². The summed E-state index contributed by atoms with van der Waals surface area (Å²) >= 11 is 0. The summed E-state index contributed by atoms with van der Waals surface area (Å²) in [6, 6.07) is 22.5. The molecule has 2 aromatic heterocycles. The number of hydrogen-bond acceptors (Lipinski definition) is 0. The molecule has 6 aromatic rings. The number of benzene rings is 4. The Balaban J connectivity index is 0.000000902. The van der Waals surface area contributed by atoms with Gasteiger partial charge in [0, 0.05) is 39.9 Å². The maximum Gasteiger partial charge on any atom is 0.0586 e. The van der Waals surface area contributed by atoms with Crippen LogP contribution >= 0.6 is 0 Å². The first-order valence-corrected chi connectivity index (χ1v) is 11.3. The number of fused-ring (bicyclic) bond motifs is 9. The number of H-pyrrole nitrogens is 1. The number of nitrogens with zero attached hydrogens (tertiary/aromatic N) is 1. The second-order valence-electron chi connectivity index (χ2n) is 8.32. The van der Waals surface area contributed by atoms with Crippen molar-refractivity contribution in [3.05, 3.63) is 78.0 Å². The van der Waals surface area contributed by atoms with Gasteiger partial charge in [-0.3, -0.25) is 0 Å². The maximum atomic E-state index is 3.69. The Labute approximate surface area is 181 Å². The van der Waals surface area contributed by atoms with Crippen LogP contribution in [0.25, 0.3) is 60.3 Å². The molecule has 152 valence electrons. The third kappa shape index (κ3) is 2.51. The van der Waals surface area contributed by atoms with Crippen molar-refractivity contribution in [2.45, 2.75) is 26.7 Å². The highest BCUT2D eigenvalue weighted by Crippen LogP contribution is 2.39. The number of allylic oxidation sites excluding steroid dienone is 1. The fourth-order valence-electron chi connectivity index (χ4n) is 5.37. The van der Waals surface area contributed by atoms with Gasteiger partial charge in [0.2, 0.25) is 0 Å².